The smallest absolute Gasteiger partial charge is 0.0615 e. The Morgan fingerprint density at radius 1 is 1.13 bits per heavy atom. The van der Waals surface area contributed by atoms with Gasteiger partial charge in [-0.05, 0) is 18.8 Å². The summed E-state index contributed by atoms with van der Waals surface area (Å²) in [5, 5.41) is 29.0. The molecule has 3 N–H and O–H groups in total. The Morgan fingerprint density at radius 3 is 2.07 bits per heavy atom. The average molecular weight is 216 g/mol. The van der Waals surface area contributed by atoms with E-state index >= 15 is 0 Å². The molecule has 0 aliphatic rings. The average Bonchev–Trinajstić information content (AvgIpc) is 2.15. The summed E-state index contributed by atoms with van der Waals surface area (Å²) in [6.07, 6.45) is 0.618. The largest absolute Gasteiger partial charge is 0.393 e. The van der Waals surface area contributed by atoms with Crippen molar-refractivity contribution in [1.29, 1.82) is 0 Å². The summed E-state index contributed by atoms with van der Waals surface area (Å²) >= 11 is 0. The van der Waals surface area contributed by atoms with E-state index in [0.29, 0.717) is 6.42 Å². The van der Waals surface area contributed by atoms with E-state index in [4.69, 9.17) is 0 Å². The Morgan fingerprint density at radius 2 is 1.67 bits per heavy atom. The summed E-state index contributed by atoms with van der Waals surface area (Å²) in [6, 6.07) is 0. The number of hydrogen-bond acceptors (Lipinski definition) is 3. The summed E-state index contributed by atoms with van der Waals surface area (Å²) in [6.45, 7) is 9.15. The number of aliphatic hydroxyl groups excluding tert-OH is 3. The summed E-state index contributed by atoms with van der Waals surface area (Å²) in [5.41, 5.74) is 0. The predicted octanol–water partition coefficient (Wildman–Crippen LogP) is 1.33. The first-order valence-electron chi connectivity index (χ1n) is 5.55. The molecule has 0 fully saturated rings. The summed E-state index contributed by atoms with van der Waals surface area (Å²) in [7, 11) is 0. The zero-order valence-corrected chi connectivity index (χ0v) is 9.93. The van der Waals surface area contributed by atoms with Gasteiger partial charge < -0.3 is 15.3 Å². The first-order valence-corrected chi connectivity index (χ1v) is 5.55. The Bertz CT molecular complexity index is 180. The Hall–Kier alpha value is -0.380. The van der Waals surface area contributed by atoms with E-state index in [1.54, 1.807) is 13.0 Å². The van der Waals surface area contributed by atoms with Crippen molar-refractivity contribution in [3.8, 4) is 0 Å². The topological polar surface area (TPSA) is 60.7 Å². The second kappa shape index (κ2) is 6.99. The number of hydrogen-bond donors (Lipinski definition) is 3. The molecule has 0 rings (SSSR count). The van der Waals surface area contributed by atoms with Crippen LogP contribution in [0.25, 0.3) is 0 Å². The molecule has 0 saturated heterocycles. The van der Waals surface area contributed by atoms with Crippen LogP contribution in [-0.2, 0) is 0 Å². The third-order valence-corrected chi connectivity index (χ3v) is 2.78. The van der Waals surface area contributed by atoms with Crippen molar-refractivity contribution < 1.29 is 15.3 Å². The van der Waals surface area contributed by atoms with E-state index in [1.807, 2.05) is 13.8 Å². The summed E-state index contributed by atoms with van der Waals surface area (Å²) in [4.78, 5) is 0. The number of rotatable bonds is 7. The molecule has 0 aromatic carbocycles. The maximum atomic E-state index is 9.78. The molecule has 0 radical (unpaired) electrons. The van der Waals surface area contributed by atoms with E-state index in [1.165, 1.54) is 0 Å². The van der Waals surface area contributed by atoms with E-state index in [0.717, 1.165) is 0 Å². The van der Waals surface area contributed by atoms with Crippen molar-refractivity contribution in [3.63, 3.8) is 0 Å². The zero-order chi connectivity index (χ0) is 12.0. The SMILES string of the molecule is C=CC[C@H](O)C[C@H](O)[C@H](C)[C@H](O)C(C)C. The first-order chi connectivity index (χ1) is 6.90. The lowest BCUT2D eigenvalue weighted by molar-refractivity contribution is -0.0226. The zero-order valence-electron chi connectivity index (χ0n) is 9.93. The quantitative estimate of drug-likeness (QED) is 0.563. The fourth-order valence-corrected chi connectivity index (χ4v) is 1.62. The van der Waals surface area contributed by atoms with Crippen LogP contribution in [0.1, 0.15) is 33.6 Å². The third-order valence-electron chi connectivity index (χ3n) is 2.78. The molecule has 0 bridgehead atoms. The molecule has 4 atom stereocenters. The van der Waals surface area contributed by atoms with Crippen molar-refractivity contribution in [1.82, 2.24) is 0 Å². The van der Waals surface area contributed by atoms with Crippen LogP contribution >= 0.6 is 0 Å². The second-order valence-corrected chi connectivity index (χ2v) is 4.57. The molecular weight excluding hydrogens is 192 g/mol. The Balaban J connectivity index is 4.08. The van der Waals surface area contributed by atoms with Crippen molar-refractivity contribution in [2.45, 2.75) is 51.9 Å². The summed E-state index contributed by atoms with van der Waals surface area (Å²) < 4.78 is 0. The highest BCUT2D eigenvalue weighted by Gasteiger charge is 2.26. The van der Waals surface area contributed by atoms with E-state index < -0.39 is 18.3 Å². The van der Waals surface area contributed by atoms with Gasteiger partial charge in [-0.3, -0.25) is 0 Å². The molecule has 0 aliphatic heterocycles. The molecule has 0 unspecified atom stereocenters. The van der Waals surface area contributed by atoms with Gasteiger partial charge in [0.2, 0.25) is 0 Å². The minimum atomic E-state index is -0.669. The van der Waals surface area contributed by atoms with Crippen molar-refractivity contribution in [3.05, 3.63) is 12.7 Å². The van der Waals surface area contributed by atoms with Gasteiger partial charge in [0.25, 0.3) is 0 Å². The first kappa shape index (κ1) is 14.6. The molecule has 0 spiro atoms. The monoisotopic (exact) mass is 216 g/mol. The molecule has 15 heavy (non-hydrogen) atoms. The summed E-state index contributed by atoms with van der Waals surface area (Å²) in [5.74, 6) is -0.101. The van der Waals surface area contributed by atoms with Gasteiger partial charge in [-0.25, -0.2) is 0 Å². The van der Waals surface area contributed by atoms with Gasteiger partial charge in [-0.1, -0.05) is 26.8 Å². The molecule has 0 aromatic rings. The maximum Gasteiger partial charge on any atom is 0.0615 e. The molecule has 0 heterocycles. The molecule has 0 aliphatic carbocycles. The van der Waals surface area contributed by atoms with E-state index in [2.05, 4.69) is 6.58 Å². The van der Waals surface area contributed by atoms with Gasteiger partial charge in [-0.15, -0.1) is 6.58 Å². The van der Waals surface area contributed by atoms with Crippen LogP contribution in [0.4, 0.5) is 0 Å². The van der Waals surface area contributed by atoms with Gasteiger partial charge in [0.15, 0.2) is 0 Å². The fourth-order valence-electron chi connectivity index (χ4n) is 1.62. The van der Waals surface area contributed by atoms with Gasteiger partial charge in [0.1, 0.15) is 0 Å². The van der Waals surface area contributed by atoms with Crippen molar-refractivity contribution >= 4 is 0 Å². The highest BCUT2D eigenvalue weighted by atomic mass is 16.3. The Kier molecular flexibility index (Phi) is 6.81. The lowest BCUT2D eigenvalue weighted by atomic mass is 9.87. The van der Waals surface area contributed by atoms with Crippen LogP contribution in [-0.4, -0.2) is 33.6 Å². The van der Waals surface area contributed by atoms with Gasteiger partial charge in [-0.2, -0.15) is 0 Å². The molecule has 0 aromatic heterocycles. The molecule has 0 amide bonds. The highest BCUT2D eigenvalue weighted by Crippen LogP contribution is 2.19. The standard InChI is InChI=1S/C12H24O3/c1-5-6-10(13)7-11(14)9(4)12(15)8(2)3/h5,8-15H,1,6-7H2,2-4H3/t9-,10-,11-,12+/m0/s1. The van der Waals surface area contributed by atoms with Gasteiger partial charge >= 0.3 is 0 Å². The Labute approximate surface area is 92.4 Å². The van der Waals surface area contributed by atoms with Crippen molar-refractivity contribution in [2.75, 3.05) is 0 Å². The molecular formula is C12H24O3. The van der Waals surface area contributed by atoms with Crippen LogP contribution < -0.4 is 0 Å². The van der Waals surface area contributed by atoms with Crippen LogP contribution in [0, 0.1) is 11.8 Å². The van der Waals surface area contributed by atoms with Crippen molar-refractivity contribution in [2.24, 2.45) is 11.8 Å². The molecule has 90 valence electrons. The van der Waals surface area contributed by atoms with Gasteiger partial charge in [0, 0.05) is 5.92 Å². The third kappa shape index (κ3) is 5.30. The minimum absolute atomic E-state index is 0.117. The van der Waals surface area contributed by atoms with Crippen LogP contribution in [0.2, 0.25) is 0 Å². The van der Waals surface area contributed by atoms with Gasteiger partial charge in [0.05, 0.1) is 18.3 Å². The molecule has 3 nitrogen and oxygen atoms in total. The number of aliphatic hydroxyl groups is 3. The highest BCUT2D eigenvalue weighted by molar-refractivity contribution is 4.79. The van der Waals surface area contributed by atoms with E-state index in [9.17, 15) is 15.3 Å². The molecule has 3 heteroatoms. The lowest BCUT2D eigenvalue weighted by Gasteiger charge is -2.27. The van der Waals surface area contributed by atoms with E-state index in [-0.39, 0.29) is 18.3 Å². The lowest BCUT2D eigenvalue weighted by Crippen LogP contribution is -2.35. The van der Waals surface area contributed by atoms with Crippen LogP contribution in [0.3, 0.4) is 0 Å². The maximum absolute atomic E-state index is 9.78. The second-order valence-electron chi connectivity index (χ2n) is 4.57. The predicted molar refractivity (Wildman–Crippen MR) is 61.5 cm³/mol. The minimum Gasteiger partial charge on any atom is -0.393 e. The normalized spacial score (nSPS) is 19.7. The fraction of sp³-hybridized carbons (Fsp3) is 0.833. The van der Waals surface area contributed by atoms with Crippen LogP contribution in [0.15, 0.2) is 12.7 Å². The van der Waals surface area contributed by atoms with Crippen LogP contribution in [0.5, 0.6) is 0 Å². The molecule has 0 saturated carbocycles.